The standard InChI is InChI=1S/C17H14N4O3/c22-16(15-18-5-1-6-19-15)21-7-4-14-12(9-21)11-8-10(17(23)24)2-3-13(11)20-14/h1-3,5-6,8,20H,4,7,9H2,(H,23,24). The van der Waals surface area contributed by atoms with Gasteiger partial charge in [0, 0.05) is 54.1 Å². The van der Waals surface area contributed by atoms with Crippen molar-refractivity contribution in [2.45, 2.75) is 13.0 Å². The molecule has 0 aliphatic carbocycles. The van der Waals surface area contributed by atoms with E-state index >= 15 is 0 Å². The average molecular weight is 322 g/mol. The summed E-state index contributed by atoms with van der Waals surface area (Å²) in [5, 5.41) is 10.0. The number of hydrogen-bond donors (Lipinski definition) is 2. The predicted octanol–water partition coefficient (Wildman–Crippen LogP) is 1.85. The van der Waals surface area contributed by atoms with Gasteiger partial charge in [-0.3, -0.25) is 4.79 Å². The van der Waals surface area contributed by atoms with Crippen LogP contribution in [0.15, 0.2) is 36.7 Å². The molecule has 1 aromatic carbocycles. The van der Waals surface area contributed by atoms with Gasteiger partial charge in [-0.1, -0.05) is 0 Å². The first-order valence-electron chi connectivity index (χ1n) is 7.56. The summed E-state index contributed by atoms with van der Waals surface area (Å²) in [5.41, 5.74) is 3.13. The molecule has 1 amide bonds. The van der Waals surface area contributed by atoms with Gasteiger partial charge in [-0.25, -0.2) is 14.8 Å². The van der Waals surface area contributed by atoms with Crippen molar-refractivity contribution in [2.75, 3.05) is 6.54 Å². The van der Waals surface area contributed by atoms with Crippen LogP contribution < -0.4 is 0 Å². The van der Waals surface area contributed by atoms with E-state index in [0.717, 1.165) is 22.2 Å². The fourth-order valence-electron chi connectivity index (χ4n) is 3.07. The average Bonchev–Trinajstić information content (AvgIpc) is 2.98. The molecule has 7 nitrogen and oxygen atoms in total. The fourth-order valence-corrected chi connectivity index (χ4v) is 3.07. The van der Waals surface area contributed by atoms with Crippen LogP contribution in [0.1, 0.15) is 32.2 Å². The summed E-state index contributed by atoms with van der Waals surface area (Å²) in [5.74, 6) is -1.01. The predicted molar refractivity (Wildman–Crippen MR) is 85.7 cm³/mol. The molecule has 0 unspecified atom stereocenters. The van der Waals surface area contributed by atoms with Crippen molar-refractivity contribution in [3.63, 3.8) is 0 Å². The van der Waals surface area contributed by atoms with Crippen LogP contribution in [-0.4, -0.2) is 43.4 Å². The van der Waals surface area contributed by atoms with Crippen LogP contribution in [0, 0.1) is 0 Å². The fraction of sp³-hybridized carbons (Fsp3) is 0.176. The zero-order valence-electron chi connectivity index (χ0n) is 12.7. The Balaban J connectivity index is 1.71. The summed E-state index contributed by atoms with van der Waals surface area (Å²) in [7, 11) is 0. The molecule has 2 aromatic heterocycles. The number of benzene rings is 1. The maximum absolute atomic E-state index is 12.5. The number of carbonyl (C=O) groups excluding carboxylic acids is 1. The number of carbonyl (C=O) groups is 2. The van der Waals surface area contributed by atoms with Crippen LogP contribution in [0.4, 0.5) is 0 Å². The first kappa shape index (κ1) is 14.4. The maximum atomic E-state index is 12.5. The molecule has 0 saturated carbocycles. The Bertz CT molecular complexity index is 949. The lowest BCUT2D eigenvalue weighted by molar-refractivity contribution is 0.0693. The molecule has 3 heterocycles. The first-order valence-corrected chi connectivity index (χ1v) is 7.56. The van der Waals surface area contributed by atoms with Crippen molar-refractivity contribution < 1.29 is 14.7 Å². The summed E-state index contributed by atoms with van der Waals surface area (Å²) < 4.78 is 0. The number of fused-ring (bicyclic) bond motifs is 3. The maximum Gasteiger partial charge on any atom is 0.335 e. The summed E-state index contributed by atoms with van der Waals surface area (Å²) in [6, 6.07) is 6.66. The van der Waals surface area contributed by atoms with Gasteiger partial charge in [-0.05, 0) is 24.3 Å². The third-order valence-electron chi connectivity index (χ3n) is 4.27. The Morgan fingerprint density at radius 2 is 2.00 bits per heavy atom. The SMILES string of the molecule is O=C(O)c1ccc2[nH]c3c(c2c1)CN(C(=O)c1ncccn1)CC3. The lowest BCUT2D eigenvalue weighted by Crippen LogP contribution is -2.36. The summed E-state index contributed by atoms with van der Waals surface area (Å²) >= 11 is 0. The second kappa shape index (κ2) is 5.45. The third kappa shape index (κ3) is 2.30. The number of aromatic nitrogens is 3. The number of carboxylic acids is 1. The number of H-pyrrole nitrogens is 1. The quantitative estimate of drug-likeness (QED) is 0.750. The zero-order chi connectivity index (χ0) is 16.7. The second-order valence-electron chi connectivity index (χ2n) is 5.70. The smallest absolute Gasteiger partial charge is 0.335 e. The number of carboxylic acid groups (broad SMARTS) is 1. The van der Waals surface area contributed by atoms with Gasteiger partial charge in [0.05, 0.1) is 5.56 Å². The monoisotopic (exact) mass is 322 g/mol. The second-order valence-corrected chi connectivity index (χ2v) is 5.70. The molecule has 0 bridgehead atoms. The molecule has 0 saturated heterocycles. The molecule has 0 fully saturated rings. The molecule has 3 aromatic rings. The van der Waals surface area contributed by atoms with Crippen LogP contribution in [0.5, 0.6) is 0 Å². The highest BCUT2D eigenvalue weighted by Crippen LogP contribution is 2.29. The largest absolute Gasteiger partial charge is 0.478 e. The number of hydrogen-bond acceptors (Lipinski definition) is 4. The highest BCUT2D eigenvalue weighted by atomic mass is 16.4. The zero-order valence-corrected chi connectivity index (χ0v) is 12.7. The van der Waals surface area contributed by atoms with Crippen LogP contribution in [-0.2, 0) is 13.0 Å². The first-order chi connectivity index (χ1) is 11.6. The molecule has 0 atom stereocenters. The van der Waals surface area contributed by atoms with Crippen molar-refractivity contribution in [3.05, 3.63) is 59.3 Å². The van der Waals surface area contributed by atoms with Gasteiger partial charge in [-0.2, -0.15) is 0 Å². The number of aromatic carboxylic acids is 1. The van der Waals surface area contributed by atoms with Gasteiger partial charge in [-0.15, -0.1) is 0 Å². The van der Waals surface area contributed by atoms with Crippen LogP contribution in [0.3, 0.4) is 0 Å². The minimum absolute atomic E-state index is 0.173. The van der Waals surface area contributed by atoms with Crippen molar-refractivity contribution in [3.8, 4) is 0 Å². The van der Waals surface area contributed by atoms with Gasteiger partial charge in [0.25, 0.3) is 5.91 Å². The molecule has 0 spiro atoms. The van der Waals surface area contributed by atoms with E-state index < -0.39 is 5.97 Å². The Labute approximate surface area is 137 Å². The highest BCUT2D eigenvalue weighted by Gasteiger charge is 2.26. The Morgan fingerprint density at radius 3 is 2.75 bits per heavy atom. The van der Waals surface area contributed by atoms with Gasteiger partial charge in [0.1, 0.15) is 0 Å². The van der Waals surface area contributed by atoms with Crippen molar-refractivity contribution in [1.29, 1.82) is 0 Å². The minimum Gasteiger partial charge on any atom is -0.478 e. The normalized spacial score (nSPS) is 13.8. The lowest BCUT2D eigenvalue weighted by Gasteiger charge is -2.26. The lowest BCUT2D eigenvalue weighted by atomic mass is 10.0. The molecule has 0 radical (unpaired) electrons. The molecule has 4 rings (SSSR count). The minimum atomic E-state index is -0.965. The Morgan fingerprint density at radius 1 is 1.21 bits per heavy atom. The van der Waals surface area contributed by atoms with E-state index in [-0.39, 0.29) is 17.3 Å². The van der Waals surface area contributed by atoms with E-state index in [9.17, 15) is 14.7 Å². The van der Waals surface area contributed by atoms with Gasteiger partial charge in [0.15, 0.2) is 0 Å². The highest BCUT2D eigenvalue weighted by molar-refractivity contribution is 5.96. The number of nitrogens with zero attached hydrogens (tertiary/aromatic N) is 3. The van der Waals surface area contributed by atoms with E-state index in [1.807, 2.05) is 0 Å². The van der Waals surface area contributed by atoms with E-state index in [0.29, 0.717) is 19.5 Å². The molecule has 24 heavy (non-hydrogen) atoms. The summed E-state index contributed by atoms with van der Waals surface area (Å²) in [4.78, 5) is 36.8. The molecule has 2 N–H and O–H groups in total. The molecular formula is C17H14N4O3. The number of rotatable bonds is 2. The topological polar surface area (TPSA) is 99.2 Å². The van der Waals surface area contributed by atoms with Crippen molar-refractivity contribution in [2.24, 2.45) is 0 Å². The van der Waals surface area contributed by atoms with E-state index in [1.165, 1.54) is 0 Å². The van der Waals surface area contributed by atoms with E-state index in [4.69, 9.17) is 0 Å². The molecule has 120 valence electrons. The van der Waals surface area contributed by atoms with Gasteiger partial charge >= 0.3 is 5.97 Å². The molecule has 7 heteroatoms. The Hall–Kier alpha value is -3.22. The summed E-state index contributed by atoms with van der Waals surface area (Å²) in [6.07, 6.45) is 3.77. The van der Waals surface area contributed by atoms with E-state index in [1.54, 1.807) is 41.6 Å². The third-order valence-corrected chi connectivity index (χ3v) is 4.27. The van der Waals surface area contributed by atoms with Crippen molar-refractivity contribution in [1.82, 2.24) is 19.9 Å². The number of nitrogens with one attached hydrogen (secondary N) is 1. The van der Waals surface area contributed by atoms with Crippen LogP contribution >= 0.6 is 0 Å². The Kier molecular flexibility index (Phi) is 3.26. The molecular weight excluding hydrogens is 308 g/mol. The van der Waals surface area contributed by atoms with E-state index in [2.05, 4.69) is 15.0 Å². The summed E-state index contributed by atoms with van der Waals surface area (Å²) in [6.45, 7) is 0.984. The number of amides is 1. The van der Waals surface area contributed by atoms with Gasteiger partial charge in [0.2, 0.25) is 5.82 Å². The molecule has 1 aliphatic heterocycles. The van der Waals surface area contributed by atoms with Crippen LogP contribution in [0.2, 0.25) is 0 Å². The van der Waals surface area contributed by atoms with Gasteiger partial charge < -0.3 is 15.0 Å². The number of aromatic amines is 1. The molecule has 1 aliphatic rings. The van der Waals surface area contributed by atoms with Crippen molar-refractivity contribution >= 4 is 22.8 Å². The van der Waals surface area contributed by atoms with Crippen LogP contribution in [0.25, 0.3) is 10.9 Å².